The van der Waals surface area contributed by atoms with Crippen molar-refractivity contribution in [3.63, 3.8) is 0 Å². The highest BCUT2D eigenvalue weighted by molar-refractivity contribution is 5.78. The summed E-state index contributed by atoms with van der Waals surface area (Å²) < 4.78 is 15.5. The number of rotatable bonds is 8. The summed E-state index contributed by atoms with van der Waals surface area (Å²) in [5.74, 6) is 0.755. The van der Waals surface area contributed by atoms with Crippen LogP contribution in [-0.4, -0.2) is 50.6 Å². The molecule has 3 rings (SSSR count). The van der Waals surface area contributed by atoms with E-state index in [1.54, 1.807) is 12.1 Å². The quantitative estimate of drug-likeness (QED) is 0.762. The highest BCUT2D eigenvalue weighted by atomic mass is 19.1. The van der Waals surface area contributed by atoms with Crippen LogP contribution in [-0.2, 0) is 24.3 Å². The van der Waals surface area contributed by atoms with Crippen molar-refractivity contribution in [2.45, 2.75) is 45.7 Å². The predicted octanol–water partition coefficient (Wildman–Crippen LogP) is 1.79. The minimum absolute atomic E-state index is 0.0218. The lowest BCUT2D eigenvalue weighted by Crippen LogP contribution is -2.41. The molecule has 2 aromatic rings. The molecule has 1 fully saturated rings. The van der Waals surface area contributed by atoms with Crippen molar-refractivity contribution in [3.8, 4) is 0 Å². The highest BCUT2D eigenvalue weighted by Gasteiger charge is 2.25. The number of aromatic nitrogens is 4. The van der Waals surface area contributed by atoms with Gasteiger partial charge in [0.15, 0.2) is 5.82 Å². The van der Waals surface area contributed by atoms with Crippen LogP contribution in [0, 0.1) is 11.7 Å². The number of hydrogen-bond acceptors (Lipinski definition) is 5. The Morgan fingerprint density at radius 3 is 2.81 bits per heavy atom. The van der Waals surface area contributed by atoms with Gasteiger partial charge in [-0.3, -0.25) is 9.69 Å². The number of tetrazole rings is 1. The van der Waals surface area contributed by atoms with Crippen molar-refractivity contribution in [3.05, 3.63) is 41.5 Å². The van der Waals surface area contributed by atoms with Gasteiger partial charge < -0.3 is 5.32 Å². The fourth-order valence-electron chi connectivity index (χ4n) is 3.44. The zero-order chi connectivity index (χ0) is 19.1. The van der Waals surface area contributed by atoms with Gasteiger partial charge in [-0.15, -0.1) is 5.10 Å². The monoisotopic (exact) mass is 374 g/mol. The first-order valence-electron chi connectivity index (χ1n) is 9.66. The molecular weight excluding hydrogens is 347 g/mol. The summed E-state index contributed by atoms with van der Waals surface area (Å²) in [6.45, 7) is 5.81. The maximum Gasteiger partial charge on any atom is 0.223 e. The average Bonchev–Trinajstić information content (AvgIpc) is 3.11. The molecule has 0 bridgehead atoms. The zero-order valence-corrected chi connectivity index (χ0v) is 15.8. The lowest BCUT2D eigenvalue weighted by Gasteiger charge is -2.30. The molecule has 1 aliphatic heterocycles. The number of hydrogen-bond donors (Lipinski definition) is 1. The lowest BCUT2D eigenvalue weighted by molar-refractivity contribution is -0.126. The molecule has 0 spiro atoms. The summed E-state index contributed by atoms with van der Waals surface area (Å²) in [4.78, 5) is 14.7. The smallest absolute Gasteiger partial charge is 0.223 e. The molecule has 0 saturated carbocycles. The standard InChI is InChI=1S/C19H27FN6O/c1-2-11-26-18(22-23-24-26)14-25-12-8-16(9-13-25)19(27)21-10-7-15-5-3-4-6-17(15)20/h3-6,16H,2,7-14H2,1H3,(H,21,27). The van der Waals surface area contributed by atoms with Gasteiger partial charge in [-0.2, -0.15) is 0 Å². The molecule has 1 saturated heterocycles. The Bertz CT molecular complexity index is 741. The molecule has 146 valence electrons. The SMILES string of the molecule is CCCn1nnnc1CN1CCC(C(=O)NCCc2ccccc2F)CC1. The van der Waals surface area contributed by atoms with E-state index >= 15 is 0 Å². The van der Waals surface area contributed by atoms with Crippen LogP contribution in [0.2, 0.25) is 0 Å². The van der Waals surface area contributed by atoms with Gasteiger partial charge >= 0.3 is 0 Å². The summed E-state index contributed by atoms with van der Waals surface area (Å²) in [7, 11) is 0. The number of halogens is 1. The maximum absolute atomic E-state index is 13.6. The molecule has 1 aliphatic rings. The van der Waals surface area contributed by atoms with Crippen LogP contribution in [0.3, 0.4) is 0 Å². The average molecular weight is 374 g/mol. The van der Waals surface area contributed by atoms with Gasteiger partial charge in [-0.1, -0.05) is 25.1 Å². The third-order valence-corrected chi connectivity index (χ3v) is 5.02. The summed E-state index contributed by atoms with van der Waals surface area (Å²) in [6.07, 6.45) is 3.15. The van der Waals surface area contributed by atoms with Gasteiger partial charge in [-0.25, -0.2) is 9.07 Å². The molecule has 1 amide bonds. The summed E-state index contributed by atoms with van der Waals surface area (Å²) >= 11 is 0. The number of benzene rings is 1. The van der Waals surface area contributed by atoms with Gasteiger partial charge in [0.2, 0.25) is 5.91 Å². The van der Waals surface area contributed by atoms with Gasteiger partial charge in [0.1, 0.15) is 5.82 Å². The van der Waals surface area contributed by atoms with Gasteiger partial charge in [0.05, 0.1) is 6.54 Å². The molecule has 2 heterocycles. The number of nitrogens with zero attached hydrogens (tertiary/aromatic N) is 5. The van der Waals surface area contributed by atoms with E-state index in [0.29, 0.717) is 25.1 Å². The van der Waals surface area contributed by atoms with Crippen molar-refractivity contribution >= 4 is 5.91 Å². The fraction of sp³-hybridized carbons (Fsp3) is 0.579. The Hall–Kier alpha value is -2.35. The van der Waals surface area contributed by atoms with Crippen molar-refractivity contribution < 1.29 is 9.18 Å². The van der Waals surface area contributed by atoms with Crippen molar-refractivity contribution in [2.75, 3.05) is 19.6 Å². The van der Waals surface area contributed by atoms with Crippen LogP contribution >= 0.6 is 0 Å². The van der Waals surface area contributed by atoms with E-state index in [1.807, 2.05) is 10.7 Å². The van der Waals surface area contributed by atoms with Crippen LogP contribution in [0.15, 0.2) is 24.3 Å². The minimum atomic E-state index is -0.217. The third kappa shape index (κ3) is 5.32. The molecule has 1 aromatic carbocycles. The van der Waals surface area contributed by atoms with E-state index in [1.165, 1.54) is 6.07 Å². The number of amides is 1. The van der Waals surface area contributed by atoms with Crippen molar-refractivity contribution in [1.29, 1.82) is 0 Å². The normalized spacial score (nSPS) is 15.8. The number of aryl methyl sites for hydroxylation is 1. The third-order valence-electron chi connectivity index (χ3n) is 5.02. The first-order valence-corrected chi connectivity index (χ1v) is 9.66. The molecule has 27 heavy (non-hydrogen) atoms. The van der Waals surface area contributed by atoms with Crippen molar-refractivity contribution in [2.24, 2.45) is 5.92 Å². The topological polar surface area (TPSA) is 75.9 Å². The number of piperidine rings is 1. The van der Waals surface area contributed by atoms with E-state index in [-0.39, 0.29) is 17.6 Å². The summed E-state index contributed by atoms with van der Waals surface area (Å²) in [5, 5.41) is 14.8. The maximum atomic E-state index is 13.6. The van der Waals surface area contributed by atoms with E-state index in [4.69, 9.17) is 0 Å². The largest absolute Gasteiger partial charge is 0.356 e. The minimum Gasteiger partial charge on any atom is -0.356 e. The Morgan fingerprint density at radius 2 is 2.07 bits per heavy atom. The van der Waals surface area contributed by atoms with Crippen molar-refractivity contribution in [1.82, 2.24) is 30.4 Å². The lowest BCUT2D eigenvalue weighted by atomic mass is 9.96. The highest BCUT2D eigenvalue weighted by Crippen LogP contribution is 2.19. The molecule has 0 aliphatic carbocycles. The Morgan fingerprint density at radius 1 is 1.30 bits per heavy atom. The summed E-state index contributed by atoms with van der Waals surface area (Å²) in [5.41, 5.74) is 0.636. The van der Waals surface area contributed by atoms with Gasteiger partial charge in [-0.05, 0) is 60.8 Å². The predicted molar refractivity (Wildman–Crippen MR) is 99.2 cm³/mol. The van der Waals surface area contributed by atoms with Gasteiger partial charge in [0.25, 0.3) is 0 Å². The fourth-order valence-corrected chi connectivity index (χ4v) is 3.44. The molecule has 0 atom stereocenters. The van der Waals surface area contributed by atoms with E-state index in [0.717, 1.165) is 44.7 Å². The number of likely N-dealkylation sites (tertiary alicyclic amines) is 1. The molecule has 0 radical (unpaired) electrons. The number of nitrogens with one attached hydrogen (secondary N) is 1. The van der Waals surface area contributed by atoms with E-state index in [9.17, 15) is 9.18 Å². The number of carbonyl (C=O) groups excluding carboxylic acids is 1. The first-order chi connectivity index (χ1) is 13.2. The van der Waals surface area contributed by atoms with Crippen LogP contribution in [0.25, 0.3) is 0 Å². The zero-order valence-electron chi connectivity index (χ0n) is 15.8. The molecule has 7 nitrogen and oxygen atoms in total. The second kappa shape index (κ2) is 9.55. The van der Waals surface area contributed by atoms with Crippen LogP contribution < -0.4 is 5.32 Å². The molecular formula is C19H27FN6O. The van der Waals surface area contributed by atoms with Crippen LogP contribution in [0.4, 0.5) is 4.39 Å². The Kier molecular flexibility index (Phi) is 6.86. The molecule has 1 aromatic heterocycles. The Balaban J connectivity index is 1.40. The second-order valence-corrected chi connectivity index (χ2v) is 7.00. The Labute approximate surface area is 158 Å². The van der Waals surface area contributed by atoms with Gasteiger partial charge in [0, 0.05) is 19.0 Å². The van der Waals surface area contributed by atoms with E-state index in [2.05, 4.69) is 32.7 Å². The first kappa shape index (κ1) is 19.4. The molecule has 8 heteroatoms. The van der Waals surface area contributed by atoms with Crippen LogP contribution in [0.5, 0.6) is 0 Å². The molecule has 0 unspecified atom stereocenters. The van der Waals surface area contributed by atoms with Crippen LogP contribution in [0.1, 0.15) is 37.6 Å². The second-order valence-electron chi connectivity index (χ2n) is 7.00. The number of carbonyl (C=O) groups is 1. The van der Waals surface area contributed by atoms with E-state index < -0.39 is 0 Å². The molecule has 1 N–H and O–H groups in total. The summed E-state index contributed by atoms with van der Waals surface area (Å²) in [6, 6.07) is 6.69.